The predicted molar refractivity (Wildman–Crippen MR) is 96.7 cm³/mol. The van der Waals surface area contributed by atoms with E-state index in [1.165, 1.54) is 12.1 Å². The zero-order valence-corrected chi connectivity index (χ0v) is 15.2. The van der Waals surface area contributed by atoms with E-state index < -0.39 is 0 Å². The lowest BCUT2D eigenvalue weighted by atomic mass is 9.77. The molecule has 2 fully saturated rings. The Morgan fingerprint density at radius 1 is 1.27 bits per heavy atom. The van der Waals surface area contributed by atoms with Crippen LogP contribution in [0, 0.1) is 18.2 Å². The molecule has 0 atom stereocenters. The highest BCUT2D eigenvalue weighted by Crippen LogP contribution is 2.41. The van der Waals surface area contributed by atoms with Crippen molar-refractivity contribution < 1.29 is 9.18 Å². The van der Waals surface area contributed by atoms with Gasteiger partial charge in [0.05, 0.1) is 0 Å². The van der Waals surface area contributed by atoms with Crippen molar-refractivity contribution >= 4 is 5.91 Å². The molecule has 3 heterocycles. The second-order valence-electron chi connectivity index (χ2n) is 7.83. The second-order valence-corrected chi connectivity index (χ2v) is 7.83. The first kappa shape index (κ1) is 17.2. The summed E-state index contributed by atoms with van der Waals surface area (Å²) < 4.78 is 13.4. The van der Waals surface area contributed by atoms with Crippen molar-refractivity contribution in [1.29, 1.82) is 0 Å². The molecule has 1 N–H and O–H groups in total. The average molecular weight is 356 g/mol. The van der Waals surface area contributed by atoms with Crippen molar-refractivity contribution in [2.45, 2.75) is 39.3 Å². The summed E-state index contributed by atoms with van der Waals surface area (Å²) in [5, 5.41) is 0. The van der Waals surface area contributed by atoms with Gasteiger partial charge in [-0.05, 0) is 56.0 Å². The van der Waals surface area contributed by atoms with E-state index in [0.29, 0.717) is 13.0 Å². The summed E-state index contributed by atoms with van der Waals surface area (Å²) in [7, 11) is 0. The van der Waals surface area contributed by atoms with Crippen molar-refractivity contribution in [3.8, 4) is 0 Å². The third kappa shape index (κ3) is 3.65. The number of imidazole rings is 1. The number of carbonyl (C=O) groups excluding carboxylic acids is 1. The number of hydrogen-bond acceptors (Lipinski definition) is 3. The van der Waals surface area contributed by atoms with Gasteiger partial charge in [0.15, 0.2) is 0 Å². The van der Waals surface area contributed by atoms with Crippen LogP contribution in [0.1, 0.15) is 36.3 Å². The number of carbonyl (C=O) groups is 1. The van der Waals surface area contributed by atoms with Crippen molar-refractivity contribution in [2.24, 2.45) is 5.41 Å². The maximum Gasteiger partial charge on any atom is 0.223 e. The van der Waals surface area contributed by atoms with Gasteiger partial charge >= 0.3 is 0 Å². The summed E-state index contributed by atoms with van der Waals surface area (Å²) in [6.07, 6.45) is 4.59. The van der Waals surface area contributed by atoms with E-state index in [4.69, 9.17) is 0 Å². The van der Waals surface area contributed by atoms with Gasteiger partial charge in [-0.1, -0.05) is 12.1 Å². The van der Waals surface area contributed by atoms with Gasteiger partial charge in [0.1, 0.15) is 11.6 Å². The highest BCUT2D eigenvalue weighted by Gasteiger charge is 2.44. The average Bonchev–Trinajstić information content (AvgIpc) is 3.14. The lowest BCUT2D eigenvalue weighted by Crippen LogP contribution is -2.41. The van der Waals surface area contributed by atoms with E-state index in [1.807, 2.05) is 24.1 Å². The summed E-state index contributed by atoms with van der Waals surface area (Å²) in [5.74, 6) is 0.904. The molecule has 6 heteroatoms. The zero-order chi connectivity index (χ0) is 18.1. The van der Waals surface area contributed by atoms with Crippen LogP contribution in [0.3, 0.4) is 0 Å². The van der Waals surface area contributed by atoms with Crippen LogP contribution >= 0.6 is 0 Å². The van der Waals surface area contributed by atoms with Crippen molar-refractivity contribution in [3.63, 3.8) is 0 Å². The van der Waals surface area contributed by atoms with Crippen LogP contribution in [0.2, 0.25) is 0 Å². The number of halogens is 1. The van der Waals surface area contributed by atoms with Gasteiger partial charge in [-0.15, -0.1) is 0 Å². The fraction of sp³-hybridized carbons (Fsp3) is 0.500. The van der Waals surface area contributed by atoms with Crippen LogP contribution < -0.4 is 0 Å². The van der Waals surface area contributed by atoms with E-state index in [-0.39, 0.29) is 17.1 Å². The quantitative estimate of drug-likeness (QED) is 0.916. The Kier molecular flexibility index (Phi) is 4.53. The second kappa shape index (κ2) is 6.83. The summed E-state index contributed by atoms with van der Waals surface area (Å²) >= 11 is 0. The van der Waals surface area contributed by atoms with Crippen LogP contribution in [0.4, 0.5) is 4.39 Å². The number of amides is 1. The molecule has 1 spiro atoms. The molecule has 0 radical (unpaired) electrons. The number of rotatable bonds is 4. The number of hydrogen-bond donors (Lipinski definition) is 1. The van der Waals surface area contributed by atoms with Crippen LogP contribution in [-0.2, 0) is 17.9 Å². The topological polar surface area (TPSA) is 52.2 Å². The first-order valence-corrected chi connectivity index (χ1v) is 9.26. The number of likely N-dealkylation sites (tertiary alicyclic amines) is 2. The summed E-state index contributed by atoms with van der Waals surface area (Å²) in [6, 6.07) is 6.55. The van der Waals surface area contributed by atoms with Crippen molar-refractivity contribution in [1.82, 2.24) is 19.8 Å². The normalized spacial score (nSPS) is 20.2. The fourth-order valence-corrected chi connectivity index (χ4v) is 4.29. The molecular weight excluding hydrogens is 331 g/mol. The molecular formula is C20H25FN4O. The third-order valence-corrected chi connectivity index (χ3v) is 5.73. The van der Waals surface area contributed by atoms with E-state index in [0.717, 1.165) is 56.1 Å². The maximum atomic E-state index is 13.4. The van der Waals surface area contributed by atoms with Crippen molar-refractivity contribution in [2.75, 3.05) is 19.6 Å². The standard InChI is InChI=1S/C20H25FN4O/c1-15-22-11-18(23-15)13-24-7-5-20(6-8-24)10-19(26)25(14-20)12-16-3-2-4-17(21)9-16/h2-4,9,11H,5-8,10,12-14H2,1H3,(H,22,23). The molecule has 26 heavy (non-hydrogen) atoms. The molecule has 4 rings (SSSR count). The number of benzene rings is 1. The predicted octanol–water partition coefficient (Wildman–Crippen LogP) is 2.87. The van der Waals surface area contributed by atoms with Crippen LogP contribution in [0.5, 0.6) is 0 Å². The maximum absolute atomic E-state index is 13.4. The van der Waals surface area contributed by atoms with Crippen LogP contribution in [-0.4, -0.2) is 45.3 Å². The minimum atomic E-state index is -0.244. The number of nitrogens with zero attached hydrogens (tertiary/aromatic N) is 3. The van der Waals surface area contributed by atoms with Gasteiger partial charge < -0.3 is 9.88 Å². The summed E-state index contributed by atoms with van der Waals surface area (Å²) in [6.45, 7) is 6.15. The minimum absolute atomic E-state index is 0.0881. The molecule has 0 saturated carbocycles. The van der Waals surface area contributed by atoms with Gasteiger partial charge in [-0.2, -0.15) is 0 Å². The Hall–Kier alpha value is -2.21. The SMILES string of the molecule is Cc1ncc(CN2CCC3(CC2)CC(=O)N(Cc2cccc(F)c2)C3)[nH]1. The Morgan fingerprint density at radius 2 is 2.08 bits per heavy atom. The number of aryl methyl sites for hydroxylation is 1. The minimum Gasteiger partial charge on any atom is -0.345 e. The molecule has 1 aromatic heterocycles. The molecule has 5 nitrogen and oxygen atoms in total. The molecule has 2 aliphatic rings. The Morgan fingerprint density at radius 3 is 2.77 bits per heavy atom. The summed E-state index contributed by atoms with van der Waals surface area (Å²) in [4.78, 5) is 24.4. The first-order valence-electron chi connectivity index (χ1n) is 9.26. The van der Waals surface area contributed by atoms with Gasteiger partial charge in [-0.25, -0.2) is 9.37 Å². The number of nitrogens with one attached hydrogen (secondary N) is 1. The fourth-order valence-electron chi connectivity index (χ4n) is 4.29. The lowest BCUT2D eigenvalue weighted by Gasteiger charge is -2.38. The van der Waals surface area contributed by atoms with E-state index in [2.05, 4.69) is 14.9 Å². The molecule has 0 bridgehead atoms. The Bertz CT molecular complexity index is 795. The number of piperidine rings is 1. The molecule has 2 aliphatic heterocycles. The number of H-pyrrole nitrogens is 1. The smallest absolute Gasteiger partial charge is 0.223 e. The first-order chi connectivity index (χ1) is 12.5. The van der Waals surface area contributed by atoms with Crippen molar-refractivity contribution in [3.05, 3.63) is 53.4 Å². The van der Waals surface area contributed by atoms with E-state index in [9.17, 15) is 9.18 Å². The summed E-state index contributed by atoms with van der Waals surface area (Å²) in [5.41, 5.74) is 2.10. The third-order valence-electron chi connectivity index (χ3n) is 5.73. The molecule has 1 amide bonds. The molecule has 2 saturated heterocycles. The molecule has 2 aromatic rings. The number of aromatic nitrogens is 2. The van der Waals surface area contributed by atoms with Gasteiger partial charge in [0.25, 0.3) is 0 Å². The molecule has 1 aromatic carbocycles. The number of aromatic amines is 1. The lowest BCUT2D eigenvalue weighted by molar-refractivity contribution is -0.128. The Labute approximate surface area is 153 Å². The zero-order valence-electron chi connectivity index (χ0n) is 15.2. The van der Waals surface area contributed by atoms with E-state index >= 15 is 0 Å². The largest absolute Gasteiger partial charge is 0.345 e. The van der Waals surface area contributed by atoms with Crippen LogP contribution in [0.15, 0.2) is 30.5 Å². The molecule has 0 aliphatic carbocycles. The van der Waals surface area contributed by atoms with Gasteiger partial charge in [0, 0.05) is 37.9 Å². The van der Waals surface area contributed by atoms with Crippen LogP contribution in [0.25, 0.3) is 0 Å². The van der Waals surface area contributed by atoms with Gasteiger partial charge in [-0.3, -0.25) is 9.69 Å². The molecule has 0 unspecified atom stereocenters. The highest BCUT2D eigenvalue weighted by molar-refractivity contribution is 5.79. The van der Waals surface area contributed by atoms with E-state index in [1.54, 1.807) is 6.07 Å². The molecule has 138 valence electrons. The Balaban J connectivity index is 1.35. The monoisotopic (exact) mass is 356 g/mol. The van der Waals surface area contributed by atoms with Gasteiger partial charge in [0.2, 0.25) is 5.91 Å². The highest BCUT2D eigenvalue weighted by atomic mass is 19.1.